The molecular weight excluding hydrogens is 340 g/mol. The Labute approximate surface area is 149 Å². The maximum absolute atomic E-state index is 14.6. The third-order valence-corrected chi connectivity index (χ3v) is 3.55. The number of fused-ring (bicyclic) bond motifs is 2. The van der Waals surface area contributed by atoms with E-state index in [2.05, 4.69) is 9.97 Å². The lowest BCUT2D eigenvalue weighted by Crippen LogP contribution is -2.16. The summed E-state index contributed by atoms with van der Waals surface area (Å²) in [6, 6.07) is 5.83. The van der Waals surface area contributed by atoms with Crippen molar-refractivity contribution >= 4 is 22.1 Å². The maximum atomic E-state index is 14.6. The van der Waals surface area contributed by atoms with Crippen LogP contribution < -0.4 is 5.69 Å². The zero-order chi connectivity index (χ0) is 19.4. The van der Waals surface area contributed by atoms with Crippen LogP contribution in [0.25, 0.3) is 27.8 Å². The number of rotatable bonds is 1. The molecule has 0 amide bonds. The minimum Gasteiger partial charge on any atom is -0.443 e. The number of hydrogen-bond donors (Lipinski definition) is 1. The van der Waals surface area contributed by atoms with Crippen molar-refractivity contribution in [2.24, 2.45) is 0 Å². The molecule has 0 saturated carbocycles. The van der Waals surface area contributed by atoms with Crippen LogP contribution in [0.2, 0.25) is 0 Å². The first-order valence-electron chi connectivity index (χ1n) is 8.49. The summed E-state index contributed by atoms with van der Waals surface area (Å²) in [7, 11) is 0. The second kappa shape index (κ2) is 7.95. The van der Waals surface area contributed by atoms with Gasteiger partial charge in [-0.05, 0) is 24.6 Å². The summed E-state index contributed by atoms with van der Waals surface area (Å²) in [5.74, 6) is -1.35. The lowest BCUT2D eigenvalue weighted by atomic mass is 10.2. The number of hydrogen-bond acceptors (Lipinski definition) is 3. The average Bonchev–Trinajstić information content (AvgIpc) is 3.23. The van der Waals surface area contributed by atoms with Crippen molar-refractivity contribution in [2.45, 2.75) is 34.6 Å². The van der Waals surface area contributed by atoms with E-state index in [1.807, 2.05) is 27.7 Å². The molecule has 0 bridgehead atoms. The van der Waals surface area contributed by atoms with Crippen molar-refractivity contribution in [3.63, 3.8) is 0 Å². The van der Waals surface area contributed by atoms with Crippen LogP contribution in [0, 0.1) is 18.6 Å². The average molecular weight is 361 g/mol. The Morgan fingerprint density at radius 2 is 1.81 bits per heavy atom. The molecule has 1 N–H and O–H groups in total. The second-order valence-corrected chi connectivity index (χ2v) is 5.01. The summed E-state index contributed by atoms with van der Waals surface area (Å²) in [5.41, 5.74) is 0.401. The third kappa shape index (κ3) is 3.12. The van der Waals surface area contributed by atoms with Gasteiger partial charge in [0, 0.05) is 6.07 Å². The van der Waals surface area contributed by atoms with Crippen LogP contribution in [-0.2, 0) is 0 Å². The third-order valence-electron chi connectivity index (χ3n) is 3.55. The number of halogens is 2. The molecule has 0 aliphatic carbocycles. The minimum atomic E-state index is -0.737. The molecule has 4 aromatic rings. The van der Waals surface area contributed by atoms with Crippen LogP contribution in [0.3, 0.4) is 0 Å². The topological polar surface area (TPSA) is 63.8 Å². The molecular formula is C19H21F2N3O2. The molecule has 26 heavy (non-hydrogen) atoms. The Balaban J connectivity index is 0.000000570. The van der Waals surface area contributed by atoms with Crippen molar-refractivity contribution in [2.75, 3.05) is 0 Å². The van der Waals surface area contributed by atoms with Crippen molar-refractivity contribution < 1.29 is 13.2 Å². The van der Waals surface area contributed by atoms with E-state index >= 15 is 0 Å². The van der Waals surface area contributed by atoms with Gasteiger partial charge >= 0.3 is 5.69 Å². The van der Waals surface area contributed by atoms with Crippen LogP contribution in [-0.4, -0.2) is 14.5 Å². The molecule has 0 saturated heterocycles. The molecule has 0 aliphatic heterocycles. The van der Waals surface area contributed by atoms with E-state index in [1.54, 1.807) is 13.0 Å². The highest BCUT2D eigenvalue weighted by Crippen LogP contribution is 2.27. The normalized spacial score (nSPS) is 10.3. The number of nitrogens with one attached hydrogen (secondary N) is 1. The number of nitrogens with zero attached hydrogens (tertiary/aromatic N) is 2. The number of oxazole rings is 1. The molecule has 7 heteroatoms. The first-order chi connectivity index (χ1) is 12.6. The summed E-state index contributed by atoms with van der Waals surface area (Å²) in [4.78, 5) is 18.4. The lowest BCUT2D eigenvalue weighted by Gasteiger charge is -2.06. The molecule has 0 aliphatic rings. The van der Waals surface area contributed by atoms with Gasteiger partial charge in [0.2, 0.25) is 0 Å². The number of H-pyrrole nitrogens is 1. The maximum Gasteiger partial charge on any atom is 0.331 e. The number of imidazole rings is 1. The van der Waals surface area contributed by atoms with Gasteiger partial charge in [0.25, 0.3) is 0 Å². The molecule has 4 rings (SSSR count). The van der Waals surface area contributed by atoms with Gasteiger partial charge < -0.3 is 9.40 Å². The summed E-state index contributed by atoms with van der Waals surface area (Å²) < 4.78 is 34.8. The Bertz CT molecular complexity index is 1090. The quantitative estimate of drug-likeness (QED) is 0.513. The lowest BCUT2D eigenvalue weighted by molar-refractivity contribution is 0.601. The van der Waals surface area contributed by atoms with Crippen LogP contribution in [0.4, 0.5) is 8.78 Å². The Morgan fingerprint density at radius 1 is 1.12 bits per heavy atom. The zero-order valence-corrected chi connectivity index (χ0v) is 15.4. The molecule has 138 valence electrons. The molecule has 0 radical (unpaired) electrons. The molecule has 0 spiro atoms. The molecule has 0 unspecified atom stereocenters. The van der Waals surface area contributed by atoms with Crippen molar-refractivity contribution in [3.05, 3.63) is 58.3 Å². The van der Waals surface area contributed by atoms with Gasteiger partial charge in [0.05, 0.1) is 11.2 Å². The largest absolute Gasteiger partial charge is 0.443 e. The summed E-state index contributed by atoms with van der Waals surface area (Å²) in [6.07, 6.45) is 1.11. The fourth-order valence-electron chi connectivity index (χ4n) is 2.56. The van der Waals surface area contributed by atoms with Gasteiger partial charge in [0.1, 0.15) is 16.9 Å². The van der Waals surface area contributed by atoms with E-state index in [9.17, 15) is 13.6 Å². The van der Waals surface area contributed by atoms with E-state index in [0.29, 0.717) is 5.56 Å². The highest BCUT2D eigenvalue weighted by molar-refractivity contribution is 5.92. The number of aromatic nitrogens is 3. The van der Waals surface area contributed by atoms with Gasteiger partial charge in [-0.1, -0.05) is 33.8 Å². The molecule has 2 aromatic carbocycles. The Morgan fingerprint density at radius 3 is 2.46 bits per heavy atom. The van der Waals surface area contributed by atoms with Crippen molar-refractivity contribution in [1.29, 1.82) is 0 Å². The highest BCUT2D eigenvalue weighted by Gasteiger charge is 2.20. The van der Waals surface area contributed by atoms with E-state index in [-0.39, 0.29) is 27.8 Å². The van der Waals surface area contributed by atoms with Gasteiger partial charge in [-0.25, -0.2) is 18.6 Å². The Hall–Kier alpha value is -2.96. The first-order valence-corrected chi connectivity index (χ1v) is 8.49. The van der Waals surface area contributed by atoms with E-state index in [0.717, 1.165) is 11.0 Å². The SMILES string of the molecule is CC.CC.Cc1ccc(-n2c(=O)[nH]c3cc4ocnc4c(F)c32)c(F)c1. The minimum absolute atomic E-state index is 0.00669. The van der Waals surface area contributed by atoms with Gasteiger partial charge in [-0.3, -0.25) is 4.57 Å². The highest BCUT2D eigenvalue weighted by atomic mass is 19.1. The number of aryl methyl sites for hydroxylation is 1. The predicted molar refractivity (Wildman–Crippen MR) is 98.8 cm³/mol. The molecule has 2 aromatic heterocycles. The summed E-state index contributed by atoms with van der Waals surface area (Å²) in [5, 5.41) is 0. The van der Waals surface area contributed by atoms with Gasteiger partial charge in [-0.15, -0.1) is 0 Å². The zero-order valence-electron chi connectivity index (χ0n) is 15.4. The van der Waals surface area contributed by atoms with Crippen LogP contribution in [0.15, 0.2) is 39.9 Å². The van der Waals surface area contributed by atoms with Crippen molar-refractivity contribution in [1.82, 2.24) is 14.5 Å². The summed E-state index contributed by atoms with van der Waals surface area (Å²) >= 11 is 0. The first kappa shape index (κ1) is 19.4. The molecule has 0 fully saturated rings. The van der Waals surface area contributed by atoms with Gasteiger partial charge in [-0.2, -0.15) is 0 Å². The molecule has 5 nitrogen and oxygen atoms in total. The van der Waals surface area contributed by atoms with Crippen LogP contribution >= 0.6 is 0 Å². The number of benzene rings is 2. The Kier molecular flexibility index (Phi) is 5.92. The van der Waals surface area contributed by atoms with E-state index in [4.69, 9.17) is 4.42 Å². The molecule has 2 heterocycles. The predicted octanol–water partition coefficient (Wildman–Crippen LogP) is 5.10. The monoisotopic (exact) mass is 361 g/mol. The van der Waals surface area contributed by atoms with Crippen LogP contribution in [0.5, 0.6) is 0 Å². The fourth-order valence-corrected chi connectivity index (χ4v) is 2.56. The summed E-state index contributed by atoms with van der Waals surface area (Å²) in [6.45, 7) is 9.73. The van der Waals surface area contributed by atoms with E-state index in [1.165, 1.54) is 18.2 Å². The molecule has 0 atom stereocenters. The van der Waals surface area contributed by atoms with E-state index < -0.39 is 17.3 Å². The second-order valence-electron chi connectivity index (χ2n) is 5.01. The van der Waals surface area contributed by atoms with Crippen molar-refractivity contribution in [3.8, 4) is 5.69 Å². The van der Waals surface area contributed by atoms with Gasteiger partial charge in [0.15, 0.2) is 17.8 Å². The fraction of sp³-hybridized carbons (Fsp3) is 0.263. The number of aromatic amines is 1. The standard InChI is InChI=1S/C15H9F2N3O2.2C2H6/c1-7-2-3-10(8(16)4-7)20-14-9(19-15(20)21)5-11-13(12(14)17)18-6-22-11;2*1-2/h2-6H,1H3,(H,19,21);2*1-2H3. The smallest absolute Gasteiger partial charge is 0.331 e. The van der Waals surface area contributed by atoms with Crippen LogP contribution in [0.1, 0.15) is 33.3 Å².